The van der Waals surface area contributed by atoms with Gasteiger partial charge in [0.1, 0.15) is 12.4 Å². The largest absolute Gasteiger partial charge is 0.489 e. The highest BCUT2D eigenvalue weighted by Crippen LogP contribution is 2.18. The van der Waals surface area contributed by atoms with Crippen molar-refractivity contribution in [2.24, 2.45) is 0 Å². The lowest BCUT2D eigenvalue weighted by Gasteiger charge is -2.11. The number of ether oxygens (including phenoxy) is 1. The van der Waals surface area contributed by atoms with Crippen LogP contribution in [0.2, 0.25) is 0 Å². The molecule has 0 heterocycles. The maximum atomic E-state index is 12.4. The summed E-state index contributed by atoms with van der Waals surface area (Å²) >= 11 is 0. The van der Waals surface area contributed by atoms with Crippen LogP contribution in [0.25, 0.3) is 0 Å². The van der Waals surface area contributed by atoms with E-state index >= 15 is 0 Å². The van der Waals surface area contributed by atoms with Crippen molar-refractivity contribution in [3.05, 3.63) is 90.0 Å². The van der Waals surface area contributed by atoms with E-state index in [-0.39, 0.29) is 16.8 Å². The third-order valence-electron chi connectivity index (χ3n) is 4.18. The Morgan fingerprint density at radius 1 is 0.900 bits per heavy atom. The number of anilines is 1. The third kappa shape index (κ3) is 5.92. The predicted octanol–water partition coefficient (Wildman–Crippen LogP) is 4.20. The van der Waals surface area contributed by atoms with Crippen LogP contribution in [0.5, 0.6) is 5.75 Å². The molecule has 156 valence electrons. The van der Waals surface area contributed by atoms with E-state index in [1.54, 1.807) is 50.2 Å². The molecule has 3 aromatic carbocycles. The normalized spacial score (nSPS) is 11.3. The Bertz CT molecular complexity index is 1080. The molecule has 2 N–H and O–H groups in total. The van der Waals surface area contributed by atoms with Gasteiger partial charge in [0.15, 0.2) is 0 Å². The first-order valence-electron chi connectivity index (χ1n) is 9.54. The summed E-state index contributed by atoms with van der Waals surface area (Å²) in [4.78, 5) is 12.6. The van der Waals surface area contributed by atoms with Crippen molar-refractivity contribution >= 4 is 21.6 Å². The first-order valence-corrected chi connectivity index (χ1v) is 11.0. The van der Waals surface area contributed by atoms with E-state index in [1.165, 1.54) is 12.1 Å². The lowest BCUT2D eigenvalue weighted by atomic mass is 10.2. The van der Waals surface area contributed by atoms with E-state index in [0.717, 1.165) is 5.56 Å². The number of carbonyl (C=O) groups excluding carboxylic acids is 1. The Hall–Kier alpha value is -3.16. The molecular formula is C23H24N2O4S. The zero-order valence-corrected chi connectivity index (χ0v) is 17.6. The number of hydrogen-bond donors (Lipinski definition) is 2. The quantitative estimate of drug-likeness (QED) is 0.567. The van der Waals surface area contributed by atoms with E-state index in [2.05, 4.69) is 10.0 Å². The maximum absolute atomic E-state index is 12.4. The Labute approximate surface area is 177 Å². The minimum absolute atomic E-state index is 0.147. The van der Waals surface area contributed by atoms with Gasteiger partial charge in [0.25, 0.3) is 5.91 Å². The second-order valence-corrected chi connectivity index (χ2v) is 8.77. The van der Waals surface area contributed by atoms with Crippen molar-refractivity contribution in [1.29, 1.82) is 0 Å². The molecule has 6 nitrogen and oxygen atoms in total. The van der Waals surface area contributed by atoms with Gasteiger partial charge in [-0.25, -0.2) is 13.1 Å². The molecule has 0 spiro atoms. The van der Waals surface area contributed by atoms with Crippen LogP contribution in [-0.4, -0.2) is 20.4 Å². The molecule has 3 rings (SSSR count). The standard InChI is InChI=1S/C23H24N2O4S/c1-17(2)25-30(27,28)22-14-10-20(11-15-22)24-23(26)19-8-12-21(13-9-19)29-16-18-6-4-3-5-7-18/h3-15,17,25H,16H2,1-2H3,(H,24,26). The first kappa shape index (κ1) is 21.5. The summed E-state index contributed by atoms with van der Waals surface area (Å²) < 4.78 is 32.6. The van der Waals surface area contributed by atoms with E-state index in [4.69, 9.17) is 4.74 Å². The average molecular weight is 425 g/mol. The predicted molar refractivity (Wildman–Crippen MR) is 117 cm³/mol. The molecule has 0 saturated heterocycles. The van der Waals surface area contributed by atoms with Crippen LogP contribution < -0.4 is 14.8 Å². The Morgan fingerprint density at radius 3 is 2.13 bits per heavy atom. The Kier molecular flexibility index (Phi) is 6.87. The molecule has 0 aromatic heterocycles. The van der Waals surface area contributed by atoms with Crippen molar-refractivity contribution in [2.75, 3.05) is 5.32 Å². The van der Waals surface area contributed by atoms with Gasteiger partial charge >= 0.3 is 0 Å². The molecule has 0 aliphatic carbocycles. The lowest BCUT2D eigenvalue weighted by Crippen LogP contribution is -2.30. The summed E-state index contributed by atoms with van der Waals surface area (Å²) in [6, 6.07) is 22.5. The summed E-state index contributed by atoms with van der Waals surface area (Å²) in [7, 11) is -3.56. The Balaban J connectivity index is 1.59. The number of benzene rings is 3. The highest BCUT2D eigenvalue weighted by Gasteiger charge is 2.15. The lowest BCUT2D eigenvalue weighted by molar-refractivity contribution is 0.102. The summed E-state index contributed by atoms with van der Waals surface area (Å²) in [5, 5.41) is 2.76. The zero-order chi connectivity index (χ0) is 21.6. The summed E-state index contributed by atoms with van der Waals surface area (Å²) in [6.45, 7) is 3.96. The average Bonchev–Trinajstić information content (AvgIpc) is 2.73. The fourth-order valence-electron chi connectivity index (χ4n) is 2.74. The molecular weight excluding hydrogens is 400 g/mol. The highest BCUT2D eigenvalue weighted by molar-refractivity contribution is 7.89. The third-order valence-corrected chi connectivity index (χ3v) is 5.85. The van der Waals surface area contributed by atoms with E-state index < -0.39 is 10.0 Å². The van der Waals surface area contributed by atoms with Gasteiger partial charge < -0.3 is 10.1 Å². The van der Waals surface area contributed by atoms with Gasteiger partial charge in [-0.2, -0.15) is 0 Å². The van der Waals surface area contributed by atoms with Crippen molar-refractivity contribution in [3.8, 4) is 5.75 Å². The molecule has 0 unspecified atom stereocenters. The smallest absolute Gasteiger partial charge is 0.255 e. The van der Waals surface area contributed by atoms with Crippen molar-refractivity contribution in [2.45, 2.75) is 31.4 Å². The van der Waals surface area contributed by atoms with Crippen LogP contribution in [0.15, 0.2) is 83.8 Å². The number of carbonyl (C=O) groups is 1. The molecule has 0 bridgehead atoms. The van der Waals surface area contributed by atoms with Gasteiger partial charge in [0.2, 0.25) is 10.0 Å². The molecule has 0 aliphatic rings. The second kappa shape index (κ2) is 9.56. The first-order chi connectivity index (χ1) is 14.3. The molecule has 30 heavy (non-hydrogen) atoms. The number of amides is 1. The van der Waals surface area contributed by atoms with Gasteiger partial charge in [-0.15, -0.1) is 0 Å². The maximum Gasteiger partial charge on any atom is 0.255 e. The van der Waals surface area contributed by atoms with Crippen LogP contribution in [0.3, 0.4) is 0 Å². The minimum atomic E-state index is -3.56. The van der Waals surface area contributed by atoms with Crippen LogP contribution in [0.1, 0.15) is 29.8 Å². The number of nitrogens with one attached hydrogen (secondary N) is 2. The summed E-state index contributed by atoms with van der Waals surface area (Å²) in [5.74, 6) is 0.378. The van der Waals surface area contributed by atoms with E-state index in [1.807, 2.05) is 30.3 Å². The highest BCUT2D eigenvalue weighted by atomic mass is 32.2. The summed E-state index contributed by atoms with van der Waals surface area (Å²) in [5.41, 5.74) is 2.04. The minimum Gasteiger partial charge on any atom is -0.489 e. The van der Waals surface area contributed by atoms with E-state index in [9.17, 15) is 13.2 Å². The van der Waals surface area contributed by atoms with Crippen molar-refractivity contribution < 1.29 is 17.9 Å². The fraction of sp³-hybridized carbons (Fsp3) is 0.174. The molecule has 7 heteroatoms. The van der Waals surface area contributed by atoms with Gasteiger partial charge in [-0.1, -0.05) is 30.3 Å². The van der Waals surface area contributed by atoms with Crippen LogP contribution in [-0.2, 0) is 16.6 Å². The monoisotopic (exact) mass is 424 g/mol. The van der Waals surface area contributed by atoms with Crippen LogP contribution >= 0.6 is 0 Å². The second-order valence-electron chi connectivity index (χ2n) is 7.05. The number of hydrogen-bond acceptors (Lipinski definition) is 4. The van der Waals surface area contributed by atoms with Crippen LogP contribution in [0, 0.1) is 0 Å². The van der Waals surface area contributed by atoms with Crippen molar-refractivity contribution in [3.63, 3.8) is 0 Å². The number of rotatable bonds is 8. The number of sulfonamides is 1. The fourth-order valence-corrected chi connectivity index (χ4v) is 3.99. The molecule has 0 saturated carbocycles. The summed E-state index contributed by atoms with van der Waals surface area (Å²) in [6.07, 6.45) is 0. The molecule has 3 aromatic rings. The zero-order valence-electron chi connectivity index (χ0n) is 16.8. The van der Waals surface area contributed by atoms with Gasteiger partial charge in [-0.05, 0) is 67.9 Å². The van der Waals surface area contributed by atoms with Gasteiger partial charge in [0, 0.05) is 17.3 Å². The Morgan fingerprint density at radius 2 is 1.53 bits per heavy atom. The van der Waals surface area contributed by atoms with Crippen LogP contribution in [0.4, 0.5) is 5.69 Å². The molecule has 0 atom stereocenters. The SMILES string of the molecule is CC(C)NS(=O)(=O)c1ccc(NC(=O)c2ccc(OCc3ccccc3)cc2)cc1. The molecule has 0 aliphatic heterocycles. The molecule has 0 fully saturated rings. The van der Waals surface area contributed by atoms with Gasteiger partial charge in [0.05, 0.1) is 4.90 Å². The topological polar surface area (TPSA) is 84.5 Å². The van der Waals surface area contributed by atoms with Crippen molar-refractivity contribution in [1.82, 2.24) is 4.72 Å². The van der Waals surface area contributed by atoms with Gasteiger partial charge in [-0.3, -0.25) is 4.79 Å². The van der Waals surface area contributed by atoms with E-state index in [0.29, 0.717) is 23.6 Å². The molecule has 0 radical (unpaired) electrons. The molecule has 1 amide bonds.